The first-order chi connectivity index (χ1) is 24.7. The Labute approximate surface area is 313 Å². The van der Waals surface area contributed by atoms with Crippen molar-refractivity contribution in [2.75, 3.05) is 19.8 Å². The van der Waals surface area contributed by atoms with E-state index in [4.69, 9.17) is 24.8 Å². The Bertz CT molecular complexity index is 716. The van der Waals surface area contributed by atoms with Crippen LogP contribution in [0.5, 0.6) is 0 Å². The van der Waals surface area contributed by atoms with Gasteiger partial charge in [-0.25, -0.2) is 9.59 Å². The van der Waals surface area contributed by atoms with Gasteiger partial charge < -0.3 is 35.0 Å². The predicted molar refractivity (Wildman–Crippen MR) is 209 cm³/mol. The second-order valence-electron chi connectivity index (χ2n) is 14.7. The van der Waals surface area contributed by atoms with Gasteiger partial charge in [-0.05, 0) is 19.8 Å². The van der Waals surface area contributed by atoms with E-state index in [9.17, 15) is 19.8 Å². The zero-order valence-electron chi connectivity index (χ0n) is 33.5. The first-order valence-corrected chi connectivity index (χ1v) is 21.4. The Morgan fingerprint density at radius 3 is 1.00 bits per heavy atom. The highest BCUT2D eigenvalue weighted by atomic mass is 16.6. The van der Waals surface area contributed by atoms with Crippen LogP contribution in [0.2, 0.25) is 0 Å². The van der Waals surface area contributed by atoms with E-state index < -0.39 is 36.4 Å². The van der Waals surface area contributed by atoms with E-state index in [1.807, 2.05) is 0 Å². The minimum atomic E-state index is -1.15. The number of unbranched alkanes of at least 4 members (excludes halogenated alkanes) is 26. The summed E-state index contributed by atoms with van der Waals surface area (Å²) in [7, 11) is 0. The molecule has 0 amide bonds. The number of carbonyl (C=O) groups excluding carboxylic acids is 2. The molecule has 0 saturated carbocycles. The number of esters is 2. The van der Waals surface area contributed by atoms with Crippen molar-refractivity contribution in [3.63, 3.8) is 0 Å². The van der Waals surface area contributed by atoms with Gasteiger partial charge >= 0.3 is 11.9 Å². The molecule has 9 heteroatoms. The number of aliphatic hydroxyl groups is 5. The van der Waals surface area contributed by atoms with E-state index in [0.29, 0.717) is 12.8 Å². The van der Waals surface area contributed by atoms with Crippen LogP contribution in [0, 0.1) is 0 Å². The van der Waals surface area contributed by atoms with Crippen LogP contribution in [0.15, 0.2) is 0 Å². The lowest BCUT2D eigenvalue weighted by Crippen LogP contribution is -2.31. The minimum Gasteiger partial charge on any atom is -0.460 e. The van der Waals surface area contributed by atoms with Gasteiger partial charge in [-0.3, -0.25) is 0 Å². The van der Waals surface area contributed by atoms with Crippen molar-refractivity contribution in [1.29, 1.82) is 0 Å². The van der Waals surface area contributed by atoms with Crippen molar-refractivity contribution >= 4 is 11.9 Å². The molecule has 306 valence electrons. The lowest BCUT2D eigenvalue weighted by Gasteiger charge is -2.17. The van der Waals surface area contributed by atoms with Crippen molar-refractivity contribution in [3.8, 4) is 0 Å². The van der Waals surface area contributed by atoms with Gasteiger partial charge in [0.05, 0.1) is 13.2 Å². The van der Waals surface area contributed by atoms with E-state index in [-0.39, 0.29) is 19.8 Å². The normalized spacial score (nSPS) is 13.0. The van der Waals surface area contributed by atoms with Crippen LogP contribution in [-0.2, 0) is 19.1 Å². The van der Waals surface area contributed by atoms with Gasteiger partial charge in [-0.2, -0.15) is 0 Å². The zero-order valence-corrected chi connectivity index (χ0v) is 33.5. The molecule has 0 spiro atoms. The van der Waals surface area contributed by atoms with Gasteiger partial charge in [-0.1, -0.05) is 194 Å². The highest BCUT2D eigenvalue weighted by Crippen LogP contribution is 2.16. The molecule has 0 aromatic rings. The topological polar surface area (TPSA) is 154 Å². The van der Waals surface area contributed by atoms with Gasteiger partial charge in [0.2, 0.25) is 0 Å². The van der Waals surface area contributed by atoms with Gasteiger partial charge in [0, 0.05) is 0 Å². The molecule has 0 radical (unpaired) electrons. The zero-order chi connectivity index (χ0) is 38.2. The predicted octanol–water partition coefficient (Wildman–Crippen LogP) is 9.26. The maximum absolute atomic E-state index is 12.2. The summed E-state index contributed by atoms with van der Waals surface area (Å²) in [5.74, 6) is -1.34. The molecule has 0 aliphatic carbocycles. The average Bonchev–Trinajstić information content (AvgIpc) is 3.13. The van der Waals surface area contributed by atoms with E-state index in [1.165, 1.54) is 141 Å². The summed E-state index contributed by atoms with van der Waals surface area (Å²) in [6, 6.07) is 0. The molecule has 0 bridgehead atoms. The van der Waals surface area contributed by atoms with Crippen LogP contribution in [0.4, 0.5) is 0 Å². The van der Waals surface area contributed by atoms with Crippen LogP contribution >= 0.6 is 0 Å². The van der Waals surface area contributed by atoms with Crippen molar-refractivity contribution in [1.82, 2.24) is 0 Å². The van der Waals surface area contributed by atoms with E-state index in [1.54, 1.807) is 6.92 Å². The molecule has 0 aliphatic heterocycles. The van der Waals surface area contributed by atoms with Crippen LogP contribution in [0.1, 0.15) is 213 Å². The maximum Gasteiger partial charge on any atom is 0.335 e. The van der Waals surface area contributed by atoms with E-state index in [2.05, 4.69) is 13.8 Å². The number of carbonyl (C=O) groups is 2. The highest BCUT2D eigenvalue weighted by Gasteiger charge is 2.22. The first kappa shape index (κ1) is 51.8. The standard InChI is InChI=1S/C39H76O6.C3H8O3/c1-4-6-8-10-12-14-16-18-20-22-24-26-28-30-32-36(40)38(42)44-34-35(3)45-39(43)37(41)33-31-29-27-25-23-21-19-17-15-13-11-9-7-5-2;4-1-3(6)2-5/h35-37,40-41H,4-34H2,1-3H3;3-6H,1-2H2. The third-order valence-electron chi connectivity index (χ3n) is 9.41. The van der Waals surface area contributed by atoms with E-state index >= 15 is 0 Å². The minimum absolute atomic E-state index is 0.119. The second kappa shape index (κ2) is 41.5. The first-order valence-electron chi connectivity index (χ1n) is 21.4. The quantitative estimate of drug-likeness (QED) is 0.0311. The Morgan fingerprint density at radius 1 is 0.451 bits per heavy atom. The van der Waals surface area contributed by atoms with Crippen LogP contribution in [0.25, 0.3) is 0 Å². The molecule has 51 heavy (non-hydrogen) atoms. The van der Waals surface area contributed by atoms with Crippen LogP contribution in [0.3, 0.4) is 0 Å². The van der Waals surface area contributed by atoms with E-state index in [0.717, 1.165) is 38.5 Å². The summed E-state index contributed by atoms with van der Waals surface area (Å²) in [4.78, 5) is 24.3. The largest absolute Gasteiger partial charge is 0.460 e. The molecule has 0 aromatic heterocycles. The summed E-state index contributed by atoms with van der Waals surface area (Å²) in [5.41, 5.74) is 0. The second-order valence-corrected chi connectivity index (χ2v) is 14.7. The lowest BCUT2D eigenvalue weighted by atomic mass is 10.0. The molecule has 0 saturated heterocycles. The lowest BCUT2D eigenvalue weighted by molar-refractivity contribution is -0.168. The maximum atomic E-state index is 12.2. The highest BCUT2D eigenvalue weighted by molar-refractivity contribution is 5.75. The number of aliphatic hydroxyl groups excluding tert-OH is 5. The number of hydrogen-bond donors (Lipinski definition) is 5. The van der Waals surface area contributed by atoms with Gasteiger partial charge in [0.15, 0.2) is 12.2 Å². The molecule has 9 nitrogen and oxygen atoms in total. The molecule has 0 heterocycles. The average molecular weight is 733 g/mol. The van der Waals surface area contributed by atoms with Crippen LogP contribution in [-0.4, -0.2) is 81.7 Å². The molecule has 0 fully saturated rings. The fraction of sp³-hybridized carbons (Fsp3) is 0.952. The van der Waals surface area contributed by atoms with Gasteiger partial charge in [0.25, 0.3) is 0 Å². The fourth-order valence-electron chi connectivity index (χ4n) is 5.96. The number of hydrogen-bond acceptors (Lipinski definition) is 9. The molecule has 5 N–H and O–H groups in total. The number of rotatable bonds is 37. The summed E-state index contributed by atoms with van der Waals surface area (Å²) in [6.07, 6.45) is 32.2. The number of ether oxygens (including phenoxy) is 2. The summed E-state index contributed by atoms with van der Waals surface area (Å²) < 4.78 is 10.4. The molecular weight excluding hydrogens is 648 g/mol. The molecule has 3 atom stereocenters. The SMILES string of the molecule is CCCCCCCCCCCCCCCCC(O)C(=O)OCC(C)OC(=O)C(O)CCCCCCCCCCCCCCCC.OCC(O)CO. The molecule has 3 unspecified atom stereocenters. The van der Waals surface area contributed by atoms with Gasteiger partial charge in [-0.15, -0.1) is 0 Å². The van der Waals surface area contributed by atoms with Crippen LogP contribution < -0.4 is 0 Å². The molecule has 0 rings (SSSR count). The van der Waals surface area contributed by atoms with Crippen molar-refractivity contribution < 1.29 is 44.6 Å². The summed E-state index contributed by atoms with van der Waals surface area (Å²) in [5, 5.41) is 44.3. The molecule has 0 aliphatic rings. The summed E-state index contributed by atoms with van der Waals surface area (Å²) in [6.45, 7) is 5.30. The Kier molecular flexibility index (Phi) is 42.2. The fourth-order valence-corrected chi connectivity index (χ4v) is 5.96. The third-order valence-corrected chi connectivity index (χ3v) is 9.41. The summed E-state index contributed by atoms with van der Waals surface area (Å²) >= 11 is 0. The van der Waals surface area contributed by atoms with Gasteiger partial charge in [0.1, 0.15) is 18.8 Å². The Balaban J connectivity index is 0. The third kappa shape index (κ3) is 39.8. The Hall–Kier alpha value is -1.26. The molecular formula is C42H84O9. The smallest absolute Gasteiger partial charge is 0.335 e. The van der Waals surface area contributed by atoms with Crippen molar-refractivity contribution in [2.45, 2.75) is 238 Å². The molecule has 0 aromatic carbocycles. The Morgan fingerprint density at radius 2 is 0.725 bits per heavy atom. The van der Waals surface area contributed by atoms with Crippen molar-refractivity contribution in [3.05, 3.63) is 0 Å². The monoisotopic (exact) mass is 733 g/mol. The van der Waals surface area contributed by atoms with Crippen molar-refractivity contribution in [2.24, 2.45) is 0 Å².